The largest absolute Gasteiger partial charge is 0.493 e. The van der Waals surface area contributed by atoms with Gasteiger partial charge in [-0.2, -0.15) is 4.98 Å². The summed E-state index contributed by atoms with van der Waals surface area (Å²) >= 11 is 0. The lowest BCUT2D eigenvalue weighted by molar-refractivity contribution is -0.141. The lowest BCUT2D eigenvalue weighted by Gasteiger charge is -2.16. The van der Waals surface area contributed by atoms with Crippen LogP contribution in [0.2, 0.25) is 0 Å². The van der Waals surface area contributed by atoms with E-state index >= 15 is 0 Å². The number of hydrogen-bond acceptors (Lipinski definition) is 9. The summed E-state index contributed by atoms with van der Waals surface area (Å²) in [5, 5.41) is 26.7. The second-order valence-corrected chi connectivity index (χ2v) is 6.43. The number of methoxy groups -OCH3 is 2. The second-order valence-electron chi connectivity index (χ2n) is 6.43. The van der Waals surface area contributed by atoms with Gasteiger partial charge in [0, 0.05) is 18.9 Å². The SMILES string of the molecule is CC(N)=O.COc1cccc(Cc2noc(CNC(=O)NC(C(=O)O)C(C)O)n2)c1OC. The molecule has 13 heteroatoms. The number of benzene rings is 1. The molecule has 0 spiro atoms. The number of aliphatic hydroxyl groups excluding tert-OH is 1. The van der Waals surface area contributed by atoms with Crippen LogP contribution in [0.5, 0.6) is 11.5 Å². The fourth-order valence-electron chi connectivity index (χ4n) is 2.43. The van der Waals surface area contributed by atoms with E-state index in [1.807, 2.05) is 12.1 Å². The van der Waals surface area contributed by atoms with Gasteiger partial charge in [0.2, 0.25) is 11.8 Å². The second kappa shape index (κ2) is 12.7. The smallest absolute Gasteiger partial charge is 0.328 e. The molecule has 0 radical (unpaired) electrons. The third-order valence-corrected chi connectivity index (χ3v) is 3.78. The number of primary amides is 1. The van der Waals surface area contributed by atoms with Crippen molar-refractivity contribution in [3.63, 3.8) is 0 Å². The van der Waals surface area contributed by atoms with Gasteiger partial charge >= 0.3 is 12.0 Å². The van der Waals surface area contributed by atoms with Crippen LogP contribution < -0.4 is 25.8 Å². The van der Waals surface area contributed by atoms with Crippen LogP contribution in [0, 0.1) is 0 Å². The van der Waals surface area contributed by atoms with Crippen molar-refractivity contribution in [2.75, 3.05) is 14.2 Å². The molecule has 2 unspecified atom stereocenters. The molecule has 1 aromatic heterocycles. The number of hydrogen-bond donors (Lipinski definition) is 5. The number of urea groups is 1. The average Bonchev–Trinajstić information content (AvgIpc) is 3.16. The van der Waals surface area contributed by atoms with E-state index in [0.717, 1.165) is 5.56 Å². The summed E-state index contributed by atoms with van der Waals surface area (Å²) in [6, 6.07) is 3.20. The topological polar surface area (TPSA) is 199 Å². The van der Waals surface area contributed by atoms with Gasteiger partial charge in [-0.25, -0.2) is 9.59 Å². The Labute approximate surface area is 183 Å². The molecule has 32 heavy (non-hydrogen) atoms. The summed E-state index contributed by atoms with van der Waals surface area (Å²) < 4.78 is 15.7. The zero-order chi connectivity index (χ0) is 24.3. The van der Waals surface area contributed by atoms with Gasteiger partial charge in [0.15, 0.2) is 23.4 Å². The van der Waals surface area contributed by atoms with E-state index in [9.17, 15) is 19.5 Å². The number of carboxylic acids is 1. The molecule has 2 atom stereocenters. The number of aliphatic carboxylic acids is 1. The summed E-state index contributed by atoms with van der Waals surface area (Å²) in [5.74, 6) is -0.0376. The van der Waals surface area contributed by atoms with Gasteiger partial charge in [-0.1, -0.05) is 17.3 Å². The fraction of sp³-hybridized carbons (Fsp3) is 0.421. The number of nitrogens with one attached hydrogen (secondary N) is 2. The monoisotopic (exact) mass is 453 g/mol. The minimum atomic E-state index is -1.43. The van der Waals surface area contributed by atoms with Crippen LogP contribution in [0.1, 0.15) is 31.1 Å². The molecule has 0 bridgehead atoms. The highest BCUT2D eigenvalue weighted by Crippen LogP contribution is 2.31. The van der Waals surface area contributed by atoms with Crippen LogP contribution in [0.15, 0.2) is 22.7 Å². The minimum absolute atomic E-state index is 0.111. The van der Waals surface area contributed by atoms with Crippen molar-refractivity contribution in [1.82, 2.24) is 20.8 Å². The Morgan fingerprint density at radius 1 is 1.25 bits per heavy atom. The van der Waals surface area contributed by atoms with E-state index in [-0.39, 0.29) is 18.3 Å². The van der Waals surface area contributed by atoms with E-state index in [0.29, 0.717) is 23.7 Å². The number of amides is 3. The van der Waals surface area contributed by atoms with Crippen molar-refractivity contribution in [2.24, 2.45) is 5.73 Å². The Bertz CT molecular complexity index is 911. The highest BCUT2D eigenvalue weighted by molar-refractivity contribution is 5.82. The maximum absolute atomic E-state index is 11.8. The van der Waals surface area contributed by atoms with Gasteiger partial charge in [-0.3, -0.25) is 4.79 Å². The van der Waals surface area contributed by atoms with Gasteiger partial charge < -0.3 is 40.6 Å². The van der Waals surface area contributed by atoms with E-state index in [1.54, 1.807) is 6.07 Å². The van der Waals surface area contributed by atoms with Crippen molar-refractivity contribution < 1.29 is 38.6 Å². The number of carboxylic acid groups (broad SMARTS) is 1. The molecule has 3 amide bonds. The fourth-order valence-corrected chi connectivity index (χ4v) is 2.43. The van der Waals surface area contributed by atoms with Crippen LogP contribution in [0.4, 0.5) is 4.79 Å². The van der Waals surface area contributed by atoms with Crippen LogP contribution >= 0.6 is 0 Å². The first-order chi connectivity index (χ1) is 15.1. The molecule has 0 aliphatic heterocycles. The molecule has 0 fully saturated rings. The van der Waals surface area contributed by atoms with Crippen molar-refractivity contribution in [3.05, 3.63) is 35.5 Å². The van der Waals surface area contributed by atoms with Gasteiger partial charge in [0.25, 0.3) is 0 Å². The summed E-state index contributed by atoms with van der Waals surface area (Å²) in [6.07, 6.45) is -0.935. The number of aromatic nitrogens is 2. The molecule has 1 aromatic carbocycles. The number of aliphatic hydroxyl groups is 1. The summed E-state index contributed by atoms with van der Waals surface area (Å²) in [7, 11) is 3.07. The molecular formula is C19H27N5O8. The van der Waals surface area contributed by atoms with Gasteiger partial charge in [0.05, 0.1) is 26.9 Å². The number of rotatable bonds is 9. The lowest BCUT2D eigenvalue weighted by Crippen LogP contribution is -2.51. The highest BCUT2D eigenvalue weighted by Gasteiger charge is 2.25. The van der Waals surface area contributed by atoms with E-state index in [2.05, 4.69) is 26.5 Å². The van der Waals surface area contributed by atoms with Crippen LogP contribution in [0.25, 0.3) is 0 Å². The van der Waals surface area contributed by atoms with Crippen molar-refractivity contribution in [2.45, 2.75) is 39.0 Å². The summed E-state index contributed by atoms with van der Waals surface area (Å²) in [6.45, 7) is 2.45. The Kier molecular flexibility index (Phi) is 10.4. The predicted octanol–water partition coefficient (Wildman–Crippen LogP) is -0.198. The first-order valence-electron chi connectivity index (χ1n) is 9.31. The molecule has 176 valence electrons. The molecule has 0 aliphatic carbocycles. The third-order valence-electron chi connectivity index (χ3n) is 3.78. The number of carbonyl (C=O) groups excluding carboxylic acids is 2. The quantitative estimate of drug-likeness (QED) is 0.339. The first-order valence-corrected chi connectivity index (χ1v) is 9.31. The van der Waals surface area contributed by atoms with Crippen LogP contribution in [-0.4, -0.2) is 64.6 Å². The molecule has 1 heterocycles. The van der Waals surface area contributed by atoms with Crippen LogP contribution in [-0.2, 0) is 22.6 Å². The average molecular weight is 453 g/mol. The van der Waals surface area contributed by atoms with Crippen LogP contribution in [0.3, 0.4) is 0 Å². The van der Waals surface area contributed by atoms with Gasteiger partial charge in [0.1, 0.15) is 0 Å². The number of nitrogens with zero attached hydrogens (tertiary/aromatic N) is 2. The Morgan fingerprint density at radius 2 is 1.91 bits per heavy atom. The molecule has 0 saturated carbocycles. The number of nitrogens with two attached hydrogens (primary N) is 1. The molecular weight excluding hydrogens is 426 g/mol. The third kappa shape index (κ3) is 8.47. The summed E-state index contributed by atoms with van der Waals surface area (Å²) in [5.41, 5.74) is 5.26. The van der Waals surface area contributed by atoms with Gasteiger partial charge in [-0.15, -0.1) is 0 Å². The Morgan fingerprint density at radius 3 is 2.44 bits per heavy atom. The standard InChI is InChI=1S/C17H22N4O7.C2H5NO/c1-9(22)14(16(23)24)20-17(25)18-8-13-19-12(21-28-13)7-10-5-4-6-11(26-2)15(10)27-3;1-2(3)4/h4-6,9,14,22H,7-8H2,1-3H3,(H,23,24)(H2,18,20,25);1H3,(H2,3,4). The zero-order valence-electron chi connectivity index (χ0n) is 18.1. The maximum Gasteiger partial charge on any atom is 0.328 e. The maximum atomic E-state index is 11.8. The highest BCUT2D eigenvalue weighted by atomic mass is 16.5. The molecule has 0 saturated heterocycles. The predicted molar refractivity (Wildman–Crippen MR) is 110 cm³/mol. The molecule has 6 N–H and O–H groups in total. The van der Waals surface area contributed by atoms with E-state index < -0.39 is 24.1 Å². The summed E-state index contributed by atoms with van der Waals surface area (Å²) in [4.78, 5) is 36.1. The first kappa shape index (κ1) is 26.2. The minimum Gasteiger partial charge on any atom is -0.493 e. The molecule has 13 nitrogen and oxygen atoms in total. The Hall–Kier alpha value is -3.87. The lowest BCUT2D eigenvalue weighted by atomic mass is 10.1. The zero-order valence-corrected chi connectivity index (χ0v) is 18.1. The molecule has 2 rings (SSSR count). The normalized spacial score (nSPS) is 11.9. The van der Waals surface area contributed by atoms with Crippen molar-refractivity contribution in [1.29, 1.82) is 0 Å². The van der Waals surface area contributed by atoms with Gasteiger partial charge in [-0.05, 0) is 13.0 Å². The van der Waals surface area contributed by atoms with Crippen molar-refractivity contribution in [3.8, 4) is 11.5 Å². The van der Waals surface area contributed by atoms with E-state index in [4.69, 9.17) is 19.1 Å². The number of para-hydroxylation sites is 1. The number of ether oxygens (including phenoxy) is 2. The molecule has 2 aromatic rings. The van der Waals surface area contributed by atoms with E-state index in [1.165, 1.54) is 28.1 Å². The number of carbonyl (C=O) groups is 3. The molecule has 0 aliphatic rings. The van der Waals surface area contributed by atoms with Crippen molar-refractivity contribution >= 4 is 17.9 Å². The Balaban J connectivity index is 0.00000118.